The Morgan fingerprint density at radius 2 is 1.73 bits per heavy atom. The van der Waals surface area contributed by atoms with Crippen LogP contribution in [0.4, 0.5) is 0 Å². The van der Waals surface area contributed by atoms with Gasteiger partial charge in [0.15, 0.2) is 0 Å². The maximum absolute atomic E-state index is 13.6. The summed E-state index contributed by atoms with van der Waals surface area (Å²) in [5, 5.41) is 36.8. The Kier molecular flexibility index (Phi) is 8.40. The molecule has 6 aliphatic rings. The summed E-state index contributed by atoms with van der Waals surface area (Å²) < 4.78 is 37.5. The summed E-state index contributed by atoms with van der Waals surface area (Å²) in [6, 6.07) is 9.00. The molecule has 7 bridgehead atoms. The number of carbonyl (C=O) groups is 2. The molecule has 1 heterocycles. The Labute approximate surface area is 281 Å². The normalized spacial score (nSPS) is 48.5. The molecule has 6 fully saturated rings. The third-order valence-corrected chi connectivity index (χ3v) is 13.3. The van der Waals surface area contributed by atoms with Crippen molar-refractivity contribution in [3.05, 3.63) is 42.0 Å². The van der Waals surface area contributed by atoms with Crippen LogP contribution in [0.3, 0.4) is 0 Å². The number of ether oxygens (including phenoxy) is 6. The van der Waals surface area contributed by atoms with Crippen LogP contribution >= 0.6 is 0 Å². The van der Waals surface area contributed by atoms with E-state index in [4.69, 9.17) is 28.4 Å². The minimum absolute atomic E-state index is 0.124. The minimum atomic E-state index is -1.65. The molecule has 1 aliphatic heterocycles. The predicted molar refractivity (Wildman–Crippen MR) is 170 cm³/mol. The molecule has 1 spiro atoms. The molecule has 2 unspecified atom stereocenters. The van der Waals surface area contributed by atoms with Crippen molar-refractivity contribution >= 4 is 18.0 Å². The van der Waals surface area contributed by atoms with Crippen LogP contribution in [0.5, 0.6) is 0 Å². The molecule has 5 aliphatic carbocycles. The van der Waals surface area contributed by atoms with E-state index in [1.54, 1.807) is 20.3 Å². The molecule has 0 amide bonds. The first-order valence-corrected chi connectivity index (χ1v) is 17.0. The van der Waals surface area contributed by atoms with Crippen molar-refractivity contribution in [3.63, 3.8) is 0 Å². The summed E-state index contributed by atoms with van der Waals surface area (Å²) >= 11 is 0. The number of carbonyl (C=O) groups excluding carboxylic acids is 2. The maximum atomic E-state index is 13.6. The van der Waals surface area contributed by atoms with Gasteiger partial charge < -0.3 is 43.7 Å². The molecule has 264 valence electrons. The van der Waals surface area contributed by atoms with Gasteiger partial charge in [0.1, 0.15) is 23.4 Å². The highest BCUT2D eigenvalue weighted by molar-refractivity contribution is 5.87. The van der Waals surface area contributed by atoms with E-state index in [1.807, 2.05) is 37.3 Å². The smallest absolute Gasteiger partial charge is 0.331 e. The molecule has 48 heavy (non-hydrogen) atoms. The molecule has 12 heteroatoms. The van der Waals surface area contributed by atoms with Gasteiger partial charge in [-0.2, -0.15) is 0 Å². The number of piperidine rings is 1. The van der Waals surface area contributed by atoms with E-state index in [0.717, 1.165) is 5.56 Å². The van der Waals surface area contributed by atoms with Crippen molar-refractivity contribution in [1.82, 2.24) is 4.90 Å². The molecule has 12 nitrogen and oxygen atoms in total. The zero-order valence-electron chi connectivity index (χ0n) is 28.5. The quantitative estimate of drug-likeness (QED) is 0.241. The Morgan fingerprint density at radius 1 is 1.00 bits per heavy atom. The molecule has 3 N–H and O–H groups in total. The average molecular weight is 672 g/mol. The highest BCUT2D eigenvalue weighted by atomic mass is 16.6. The summed E-state index contributed by atoms with van der Waals surface area (Å²) in [4.78, 5) is 29.2. The topological polar surface area (TPSA) is 153 Å². The first-order valence-electron chi connectivity index (χ1n) is 17.0. The fraction of sp³-hybridized carbons (Fsp3) is 0.722. The average Bonchev–Trinajstić information content (AvgIpc) is 3.44. The molecule has 1 aromatic rings. The Hall–Kier alpha value is -2.42. The molecular formula is C36H49NO11. The molecule has 15 atom stereocenters. The molecule has 5 saturated carbocycles. The number of likely N-dealkylation sites (tertiary alicyclic amines) is 1. The van der Waals surface area contributed by atoms with Crippen LogP contribution in [0.1, 0.15) is 32.3 Å². The molecule has 0 aromatic heterocycles. The SMILES string of the molecule is CCN1C[C@]2(COC)C(O)[C@@H](O)C(OC)[C@@]34[C@@H]5C[C@@]6(O)[C@@H](OC)C[C@@](OC(C)=O)([C@H]5[C@H]6OC(=O)/C=C/c5ccccc5)[C@@H]([C@H](OC)[C@H]23)[C@@H]14. The van der Waals surface area contributed by atoms with Crippen molar-refractivity contribution in [2.75, 3.05) is 48.1 Å². The number of benzene rings is 1. The van der Waals surface area contributed by atoms with Gasteiger partial charge in [-0.25, -0.2) is 4.79 Å². The standard InChI is InChI=1S/C36H49NO11/c1-7-37-17-33(18-43-3)28-27(45-5)25-29(37)36(28,32(46-6)26(40)30(33)41)21-15-34(42)22(44-4)16-35(25,48-19(2)38)24(21)31(34)47-23(39)14-13-20-11-9-8-10-12-20/h8-14,21-22,24-32,40-42H,7,15-18H2,1-6H3/b14-13+/t21-,22+,24-,25+,26-,27+,28-,29-,30?,31-,32?,33-,34-,35-,36+/m1/s1. The maximum Gasteiger partial charge on any atom is 0.331 e. The van der Waals surface area contributed by atoms with Crippen LogP contribution in [-0.4, -0.2) is 134 Å². The second-order valence-corrected chi connectivity index (χ2v) is 14.9. The number of hydrogen-bond acceptors (Lipinski definition) is 12. The monoisotopic (exact) mass is 671 g/mol. The summed E-state index contributed by atoms with van der Waals surface area (Å²) in [7, 11) is 6.25. The highest BCUT2D eigenvalue weighted by Crippen LogP contribution is 2.80. The van der Waals surface area contributed by atoms with Crippen LogP contribution < -0.4 is 0 Å². The number of rotatable bonds is 10. The molecular weight excluding hydrogens is 622 g/mol. The van der Waals surface area contributed by atoms with Crippen molar-refractivity contribution in [3.8, 4) is 0 Å². The lowest BCUT2D eigenvalue weighted by atomic mass is 9.42. The van der Waals surface area contributed by atoms with Crippen LogP contribution in [0.2, 0.25) is 0 Å². The van der Waals surface area contributed by atoms with Crippen LogP contribution in [-0.2, 0) is 38.0 Å². The molecule has 7 rings (SSSR count). The zero-order chi connectivity index (χ0) is 34.4. The number of hydrogen-bond donors (Lipinski definition) is 3. The Morgan fingerprint density at radius 3 is 2.33 bits per heavy atom. The predicted octanol–water partition coefficient (Wildman–Crippen LogP) is 1.05. The number of methoxy groups -OCH3 is 4. The first-order chi connectivity index (χ1) is 23.0. The second kappa shape index (κ2) is 11.8. The summed E-state index contributed by atoms with van der Waals surface area (Å²) in [5.41, 5.74) is -4.07. The van der Waals surface area contributed by atoms with E-state index in [2.05, 4.69) is 4.90 Å². The highest BCUT2D eigenvalue weighted by Gasteiger charge is 2.91. The Bertz CT molecular complexity index is 1440. The summed E-state index contributed by atoms with van der Waals surface area (Å²) in [5.74, 6) is -3.33. The van der Waals surface area contributed by atoms with Crippen LogP contribution in [0.15, 0.2) is 36.4 Å². The molecule has 1 saturated heterocycles. The van der Waals surface area contributed by atoms with Crippen molar-refractivity contribution in [2.45, 2.75) is 80.6 Å². The summed E-state index contributed by atoms with van der Waals surface area (Å²) in [6.45, 7) is 4.55. The lowest BCUT2D eigenvalue weighted by Crippen LogP contribution is -2.82. The first kappa shape index (κ1) is 34.0. The lowest BCUT2D eigenvalue weighted by Gasteiger charge is -2.70. The van der Waals surface area contributed by atoms with E-state index in [1.165, 1.54) is 27.2 Å². The van der Waals surface area contributed by atoms with E-state index < -0.39 is 94.3 Å². The van der Waals surface area contributed by atoms with Gasteiger partial charge in [-0.15, -0.1) is 0 Å². The number of nitrogens with zero attached hydrogens (tertiary/aromatic N) is 1. The van der Waals surface area contributed by atoms with Gasteiger partial charge in [0.25, 0.3) is 0 Å². The van der Waals surface area contributed by atoms with Gasteiger partial charge >= 0.3 is 11.9 Å². The van der Waals surface area contributed by atoms with Gasteiger partial charge in [-0.05, 0) is 30.5 Å². The van der Waals surface area contributed by atoms with Gasteiger partial charge in [0.2, 0.25) is 0 Å². The fourth-order valence-corrected chi connectivity index (χ4v) is 12.4. The number of aliphatic hydroxyl groups excluding tert-OH is 2. The fourth-order valence-electron chi connectivity index (χ4n) is 12.4. The third-order valence-electron chi connectivity index (χ3n) is 13.3. The molecule has 0 radical (unpaired) electrons. The van der Waals surface area contributed by atoms with Crippen molar-refractivity contribution < 1.29 is 53.3 Å². The third kappa shape index (κ3) is 4.11. The minimum Gasteiger partial charge on any atom is -0.458 e. The van der Waals surface area contributed by atoms with Gasteiger partial charge in [-0.3, -0.25) is 9.69 Å². The van der Waals surface area contributed by atoms with Crippen LogP contribution in [0, 0.1) is 34.5 Å². The van der Waals surface area contributed by atoms with E-state index in [-0.39, 0.29) is 25.5 Å². The van der Waals surface area contributed by atoms with Crippen molar-refractivity contribution in [2.24, 2.45) is 34.5 Å². The van der Waals surface area contributed by atoms with Crippen LogP contribution in [0.25, 0.3) is 6.08 Å². The Balaban J connectivity index is 1.46. The van der Waals surface area contributed by atoms with E-state index in [9.17, 15) is 24.9 Å². The van der Waals surface area contributed by atoms with E-state index >= 15 is 0 Å². The number of esters is 2. The number of aliphatic hydroxyl groups is 3. The van der Waals surface area contributed by atoms with Crippen molar-refractivity contribution in [1.29, 1.82) is 0 Å². The number of fused-ring (bicyclic) bond motifs is 2. The van der Waals surface area contributed by atoms with Gasteiger partial charge in [0.05, 0.1) is 31.0 Å². The summed E-state index contributed by atoms with van der Waals surface area (Å²) in [6.07, 6.45) is -2.70. The largest absolute Gasteiger partial charge is 0.458 e. The zero-order valence-corrected chi connectivity index (χ0v) is 28.5. The van der Waals surface area contributed by atoms with Gasteiger partial charge in [0, 0.05) is 89.0 Å². The second-order valence-electron chi connectivity index (χ2n) is 14.9. The lowest BCUT2D eigenvalue weighted by molar-refractivity contribution is -0.324. The van der Waals surface area contributed by atoms with Gasteiger partial charge in [-0.1, -0.05) is 37.3 Å². The van der Waals surface area contributed by atoms with E-state index in [0.29, 0.717) is 13.1 Å². The molecule has 1 aromatic carbocycles.